The summed E-state index contributed by atoms with van der Waals surface area (Å²) in [5.41, 5.74) is 5.69. The average Bonchev–Trinajstić information content (AvgIpc) is 3.59. The predicted octanol–water partition coefficient (Wildman–Crippen LogP) is 1.75. The molecule has 4 aliphatic rings. The Morgan fingerprint density at radius 1 is 1.13 bits per heavy atom. The largest absolute Gasteiger partial charge is 0.465 e. The number of amides is 2. The second-order valence-electron chi connectivity index (χ2n) is 10.4. The minimum Gasteiger partial charge on any atom is -0.465 e. The first-order valence-corrected chi connectivity index (χ1v) is 12.4. The molecule has 2 saturated heterocycles. The number of aromatic amines is 1. The predicted molar refractivity (Wildman–Crippen MR) is 130 cm³/mol. The van der Waals surface area contributed by atoms with Crippen molar-refractivity contribution in [3.8, 4) is 5.88 Å². The summed E-state index contributed by atoms with van der Waals surface area (Å²) in [6, 6.07) is 0. The van der Waals surface area contributed by atoms with Gasteiger partial charge in [0.1, 0.15) is 16.6 Å². The maximum atomic E-state index is 15.0. The third-order valence-corrected chi connectivity index (χ3v) is 7.88. The number of carbonyl (C=O) groups excluding carboxylic acids is 2. The van der Waals surface area contributed by atoms with Crippen LogP contribution in [0.4, 0.5) is 31.2 Å². The molecule has 198 valence electrons. The van der Waals surface area contributed by atoms with E-state index in [2.05, 4.69) is 30.2 Å². The zero-order valence-electron chi connectivity index (χ0n) is 20.2. The quantitative estimate of drug-likeness (QED) is 0.464. The van der Waals surface area contributed by atoms with Crippen molar-refractivity contribution < 1.29 is 27.8 Å². The number of piperidine rings is 1. The molecule has 12 nitrogen and oxygen atoms in total. The van der Waals surface area contributed by atoms with E-state index in [4.69, 9.17) is 15.2 Å². The monoisotopic (exact) mass is 526 g/mol. The van der Waals surface area contributed by atoms with Gasteiger partial charge in [0.25, 0.3) is 11.8 Å². The number of carbonyl (C=O) groups is 2. The van der Waals surface area contributed by atoms with Crippen LogP contribution in [0.5, 0.6) is 5.88 Å². The highest BCUT2D eigenvalue weighted by atomic mass is 19.1. The fourth-order valence-corrected chi connectivity index (χ4v) is 6.03. The number of imidazole rings is 1. The summed E-state index contributed by atoms with van der Waals surface area (Å²) < 4.78 is 41.1. The van der Waals surface area contributed by atoms with Gasteiger partial charge in [0.05, 0.1) is 12.7 Å². The molecule has 0 bridgehead atoms. The first kappa shape index (κ1) is 23.1. The van der Waals surface area contributed by atoms with Gasteiger partial charge in [-0.05, 0) is 29.9 Å². The zero-order chi connectivity index (χ0) is 26.2. The molecular weight excluding hydrogens is 502 g/mol. The minimum absolute atomic E-state index is 0.00842. The molecule has 1 aliphatic carbocycles. The highest BCUT2D eigenvalue weighted by molar-refractivity contribution is 5.95. The maximum absolute atomic E-state index is 15.0. The Morgan fingerprint density at radius 2 is 1.89 bits per heavy atom. The number of benzene rings is 1. The molecule has 5 heterocycles. The maximum Gasteiger partial charge on any atom is 0.416 e. The molecule has 38 heavy (non-hydrogen) atoms. The van der Waals surface area contributed by atoms with E-state index < -0.39 is 23.3 Å². The van der Waals surface area contributed by atoms with Crippen LogP contribution in [0.1, 0.15) is 24.0 Å². The molecule has 3 aromatic rings. The Labute approximate surface area is 214 Å². The van der Waals surface area contributed by atoms with Crippen molar-refractivity contribution in [2.75, 3.05) is 48.7 Å². The number of H-pyrrole nitrogens is 1. The van der Waals surface area contributed by atoms with Crippen molar-refractivity contribution in [2.24, 2.45) is 5.92 Å². The lowest BCUT2D eigenvalue weighted by Gasteiger charge is -2.38. The molecule has 1 aromatic carbocycles. The number of hydrogen-bond acceptors (Lipinski definition) is 9. The minimum atomic E-state index is -0.661. The molecule has 1 atom stereocenters. The number of nitrogens with zero attached hydrogens (tertiary/aromatic N) is 5. The molecule has 2 amide bonds. The lowest BCUT2D eigenvalue weighted by molar-refractivity contribution is -0.118. The molecule has 7 rings (SSSR count). The third kappa shape index (κ3) is 3.61. The van der Waals surface area contributed by atoms with E-state index in [1.807, 2.05) is 0 Å². The first-order valence-electron chi connectivity index (χ1n) is 12.4. The smallest absolute Gasteiger partial charge is 0.416 e. The normalized spacial score (nSPS) is 20.9. The third-order valence-electron chi connectivity index (χ3n) is 7.88. The molecule has 2 aromatic heterocycles. The first-order chi connectivity index (χ1) is 18.3. The van der Waals surface area contributed by atoms with Crippen LogP contribution < -0.4 is 20.7 Å². The van der Waals surface area contributed by atoms with E-state index in [1.165, 1.54) is 11.1 Å². The summed E-state index contributed by atoms with van der Waals surface area (Å²) in [5, 5.41) is 2.59. The molecule has 14 heteroatoms. The van der Waals surface area contributed by atoms with Crippen LogP contribution in [0.3, 0.4) is 0 Å². The van der Waals surface area contributed by atoms with Gasteiger partial charge in [0, 0.05) is 32.5 Å². The number of aromatic nitrogens is 4. The summed E-state index contributed by atoms with van der Waals surface area (Å²) in [7, 11) is 0. The topological polar surface area (TPSA) is 152 Å². The van der Waals surface area contributed by atoms with Crippen molar-refractivity contribution >= 4 is 40.6 Å². The van der Waals surface area contributed by atoms with Gasteiger partial charge in [-0.2, -0.15) is 0 Å². The Hall–Kier alpha value is -4.07. The van der Waals surface area contributed by atoms with Gasteiger partial charge in [-0.1, -0.05) is 0 Å². The Kier molecular flexibility index (Phi) is 4.99. The van der Waals surface area contributed by atoms with Crippen LogP contribution in [0.25, 0.3) is 11.0 Å². The molecule has 0 radical (unpaired) electrons. The van der Waals surface area contributed by atoms with E-state index >= 15 is 8.78 Å². The second kappa shape index (κ2) is 8.21. The van der Waals surface area contributed by atoms with Crippen LogP contribution in [0.15, 0.2) is 6.20 Å². The SMILES string of the molecule is Nc1nc2c(F)c3c(c(F)c2[nH]1)CC(CN1CCC2(CC1)CN(c1cnc4c(n1)NC(=O)CO4)C(=O)O2)C3. The lowest BCUT2D eigenvalue weighted by Crippen LogP contribution is -2.48. The summed E-state index contributed by atoms with van der Waals surface area (Å²) in [6.45, 7) is 2.22. The van der Waals surface area contributed by atoms with Crippen molar-refractivity contribution in [3.05, 3.63) is 29.0 Å². The van der Waals surface area contributed by atoms with Gasteiger partial charge in [-0.15, -0.1) is 0 Å². The van der Waals surface area contributed by atoms with Crippen molar-refractivity contribution in [2.45, 2.75) is 31.3 Å². The van der Waals surface area contributed by atoms with Crippen LogP contribution in [0, 0.1) is 17.6 Å². The summed E-state index contributed by atoms with van der Waals surface area (Å²) in [6.07, 6.45) is 3.01. The Balaban J connectivity index is 1.00. The van der Waals surface area contributed by atoms with Gasteiger partial charge in [-0.3, -0.25) is 9.69 Å². The number of nitrogen functional groups attached to an aromatic ring is 1. The van der Waals surface area contributed by atoms with Crippen LogP contribution in [0.2, 0.25) is 0 Å². The molecule has 0 saturated carbocycles. The number of rotatable bonds is 3. The zero-order valence-corrected chi connectivity index (χ0v) is 20.2. The fourth-order valence-electron chi connectivity index (χ4n) is 6.03. The van der Waals surface area contributed by atoms with Crippen molar-refractivity contribution in [1.82, 2.24) is 24.8 Å². The molecule has 2 fully saturated rings. The van der Waals surface area contributed by atoms with E-state index in [0.717, 1.165) is 0 Å². The number of likely N-dealkylation sites (tertiary alicyclic amines) is 1. The molecule has 1 spiro atoms. The van der Waals surface area contributed by atoms with Crippen LogP contribution in [-0.4, -0.2) is 75.2 Å². The fraction of sp³-hybridized carbons (Fsp3) is 0.458. The van der Waals surface area contributed by atoms with Gasteiger partial charge in [0.15, 0.2) is 35.8 Å². The van der Waals surface area contributed by atoms with Crippen LogP contribution >= 0.6 is 0 Å². The van der Waals surface area contributed by atoms with E-state index in [1.54, 1.807) is 0 Å². The van der Waals surface area contributed by atoms with E-state index in [-0.39, 0.29) is 52.9 Å². The van der Waals surface area contributed by atoms with Crippen molar-refractivity contribution in [3.63, 3.8) is 0 Å². The molecule has 1 unspecified atom stereocenters. The number of hydrogen-bond donors (Lipinski definition) is 3. The molecule has 4 N–H and O–H groups in total. The van der Waals surface area contributed by atoms with Gasteiger partial charge >= 0.3 is 6.09 Å². The number of nitrogens with one attached hydrogen (secondary N) is 2. The molecule has 3 aliphatic heterocycles. The molecular formula is C24H24F2N8O4. The van der Waals surface area contributed by atoms with Crippen molar-refractivity contribution in [1.29, 1.82) is 0 Å². The number of nitrogens with two attached hydrogens (primary N) is 1. The van der Waals surface area contributed by atoms with E-state index in [9.17, 15) is 9.59 Å². The van der Waals surface area contributed by atoms with Gasteiger partial charge in [-0.25, -0.2) is 28.5 Å². The lowest BCUT2D eigenvalue weighted by atomic mass is 9.90. The van der Waals surface area contributed by atoms with Crippen LogP contribution in [-0.2, 0) is 22.4 Å². The number of halogens is 2. The number of ether oxygens (including phenoxy) is 2. The standard InChI is InChI=1S/C24H24F2N8O4/c25-16-12-5-11(6-13(12)17(26)19-18(16)31-22(27)32-19)8-33-3-1-24(2-4-33)10-34(23(36)38-24)14-7-28-21-20(29-14)30-15(35)9-37-21/h7,11H,1-6,8-10H2,(H3,27,31,32)(H,29,30,35). The Bertz CT molecular complexity index is 1450. The van der Waals surface area contributed by atoms with Gasteiger partial charge in [0.2, 0.25) is 0 Å². The highest BCUT2D eigenvalue weighted by Crippen LogP contribution is 2.39. The van der Waals surface area contributed by atoms with Gasteiger partial charge < -0.3 is 30.4 Å². The average molecular weight is 527 g/mol. The highest BCUT2D eigenvalue weighted by Gasteiger charge is 2.48. The summed E-state index contributed by atoms with van der Waals surface area (Å²) in [5.74, 6) is -0.609. The summed E-state index contributed by atoms with van der Waals surface area (Å²) in [4.78, 5) is 43.1. The van der Waals surface area contributed by atoms with E-state index in [0.29, 0.717) is 63.0 Å². The second-order valence-corrected chi connectivity index (χ2v) is 10.4. The Morgan fingerprint density at radius 3 is 2.68 bits per heavy atom. The summed E-state index contributed by atoms with van der Waals surface area (Å²) >= 11 is 0. The number of fused-ring (bicyclic) bond motifs is 3. The number of anilines is 3.